The van der Waals surface area contributed by atoms with Crippen LogP contribution in [0, 0.1) is 0 Å². The number of nitrogens with one attached hydrogen (secondary N) is 1. The minimum absolute atomic E-state index is 0.193. The van der Waals surface area contributed by atoms with Gasteiger partial charge in [0.15, 0.2) is 0 Å². The van der Waals surface area contributed by atoms with Crippen molar-refractivity contribution in [3.63, 3.8) is 0 Å². The summed E-state index contributed by atoms with van der Waals surface area (Å²) in [5.41, 5.74) is 0. The zero-order valence-corrected chi connectivity index (χ0v) is 9.95. The molecule has 4 heteroatoms. The maximum Gasteiger partial charge on any atom is 0.219 e. The fraction of sp³-hybridized carbons (Fsp3) is 0.909. The molecule has 1 rings (SSSR count). The summed E-state index contributed by atoms with van der Waals surface area (Å²) in [7, 11) is 1.72. The van der Waals surface area contributed by atoms with Crippen molar-refractivity contribution in [3.8, 4) is 0 Å². The number of carbonyl (C=O) groups excluding carboxylic acids is 1. The highest BCUT2D eigenvalue weighted by Crippen LogP contribution is 2.10. The van der Waals surface area contributed by atoms with Crippen LogP contribution in [0.15, 0.2) is 0 Å². The minimum Gasteiger partial charge on any atom is -0.383 e. The lowest BCUT2D eigenvalue weighted by molar-refractivity contribution is -0.129. The summed E-state index contributed by atoms with van der Waals surface area (Å²) in [6.45, 7) is 6.27. The molecular weight excluding hydrogens is 192 g/mol. The van der Waals surface area contributed by atoms with Crippen LogP contribution in [0.1, 0.15) is 26.7 Å². The second-order valence-electron chi connectivity index (χ2n) is 4.30. The number of piperidine rings is 1. The van der Waals surface area contributed by atoms with Crippen molar-refractivity contribution >= 4 is 5.91 Å². The van der Waals surface area contributed by atoms with Crippen molar-refractivity contribution in [2.75, 3.05) is 26.8 Å². The fourth-order valence-corrected chi connectivity index (χ4v) is 2.06. The first-order valence-corrected chi connectivity index (χ1v) is 5.64. The maximum absolute atomic E-state index is 11.1. The predicted molar refractivity (Wildman–Crippen MR) is 59.7 cm³/mol. The van der Waals surface area contributed by atoms with E-state index in [2.05, 4.69) is 12.2 Å². The van der Waals surface area contributed by atoms with Crippen LogP contribution in [0.3, 0.4) is 0 Å². The lowest BCUT2D eigenvalue weighted by Gasteiger charge is -2.33. The van der Waals surface area contributed by atoms with Gasteiger partial charge in [-0.25, -0.2) is 0 Å². The Labute approximate surface area is 92.0 Å². The molecule has 1 heterocycles. The van der Waals surface area contributed by atoms with Crippen molar-refractivity contribution in [1.82, 2.24) is 10.2 Å². The Morgan fingerprint density at radius 1 is 1.53 bits per heavy atom. The third-order valence-corrected chi connectivity index (χ3v) is 2.88. The maximum atomic E-state index is 11.1. The van der Waals surface area contributed by atoms with Gasteiger partial charge in [-0.05, 0) is 19.8 Å². The Morgan fingerprint density at radius 2 is 2.13 bits per heavy atom. The highest BCUT2D eigenvalue weighted by molar-refractivity contribution is 5.73. The number of rotatable bonds is 4. The van der Waals surface area contributed by atoms with Crippen LogP contribution in [0.2, 0.25) is 0 Å². The summed E-state index contributed by atoms with van der Waals surface area (Å²) in [5, 5.41) is 3.52. The molecular formula is C11H22N2O2. The number of nitrogens with zero attached hydrogens (tertiary/aromatic N) is 1. The quantitative estimate of drug-likeness (QED) is 0.746. The van der Waals surface area contributed by atoms with E-state index in [-0.39, 0.29) is 5.91 Å². The van der Waals surface area contributed by atoms with Gasteiger partial charge in [0, 0.05) is 39.2 Å². The first-order valence-electron chi connectivity index (χ1n) is 5.64. The van der Waals surface area contributed by atoms with Gasteiger partial charge in [-0.15, -0.1) is 0 Å². The zero-order chi connectivity index (χ0) is 11.3. The summed E-state index contributed by atoms with van der Waals surface area (Å²) >= 11 is 0. The van der Waals surface area contributed by atoms with E-state index in [1.54, 1.807) is 14.0 Å². The molecule has 4 nitrogen and oxygen atoms in total. The van der Waals surface area contributed by atoms with Gasteiger partial charge >= 0.3 is 0 Å². The Kier molecular flexibility index (Phi) is 5.05. The molecule has 0 radical (unpaired) electrons. The molecule has 1 N–H and O–H groups in total. The third kappa shape index (κ3) is 4.18. The van der Waals surface area contributed by atoms with Crippen LogP contribution in [0.5, 0.6) is 0 Å². The molecule has 1 aliphatic heterocycles. The number of ether oxygens (including phenoxy) is 1. The van der Waals surface area contributed by atoms with Gasteiger partial charge in [-0.3, -0.25) is 4.79 Å². The summed E-state index contributed by atoms with van der Waals surface area (Å²) < 4.78 is 5.08. The van der Waals surface area contributed by atoms with Gasteiger partial charge in [0.25, 0.3) is 0 Å². The molecule has 0 aliphatic carbocycles. The van der Waals surface area contributed by atoms with E-state index in [4.69, 9.17) is 4.74 Å². The first-order chi connectivity index (χ1) is 7.13. The van der Waals surface area contributed by atoms with Crippen LogP contribution in [-0.2, 0) is 9.53 Å². The van der Waals surface area contributed by atoms with Crippen LogP contribution in [0.25, 0.3) is 0 Å². The van der Waals surface area contributed by atoms with Crippen LogP contribution in [-0.4, -0.2) is 49.7 Å². The topological polar surface area (TPSA) is 41.6 Å². The largest absolute Gasteiger partial charge is 0.383 e. The van der Waals surface area contributed by atoms with E-state index in [9.17, 15) is 4.79 Å². The fourth-order valence-electron chi connectivity index (χ4n) is 2.06. The van der Waals surface area contributed by atoms with Gasteiger partial charge in [0.05, 0.1) is 6.61 Å². The Hall–Kier alpha value is -0.610. The van der Waals surface area contributed by atoms with Crippen LogP contribution in [0.4, 0.5) is 0 Å². The van der Waals surface area contributed by atoms with Gasteiger partial charge in [-0.1, -0.05) is 0 Å². The summed E-state index contributed by atoms with van der Waals surface area (Å²) in [6.07, 6.45) is 2.10. The van der Waals surface area contributed by atoms with Crippen molar-refractivity contribution in [2.45, 2.75) is 38.8 Å². The van der Waals surface area contributed by atoms with Crippen molar-refractivity contribution in [3.05, 3.63) is 0 Å². The van der Waals surface area contributed by atoms with E-state index in [1.165, 1.54) is 0 Å². The third-order valence-electron chi connectivity index (χ3n) is 2.88. The van der Waals surface area contributed by atoms with E-state index in [0.29, 0.717) is 12.1 Å². The number of methoxy groups -OCH3 is 1. The second-order valence-corrected chi connectivity index (χ2v) is 4.30. The first kappa shape index (κ1) is 12.5. The average Bonchev–Trinajstić information content (AvgIpc) is 2.18. The van der Waals surface area contributed by atoms with Crippen LogP contribution >= 0.6 is 0 Å². The van der Waals surface area contributed by atoms with Crippen molar-refractivity contribution in [2.24, 2.45) is 0 Å². The van der Waals surface area contributed by atoms with E-state index in [1.807, 2.05) is 4.90 Å². The van der Waals surface area contributed by atoms with E-state index >= 15 is 0 Å². The van der Waals surface area contributed by atoms with Crippen molar-refractivity contribution < 1.29 is 9.53 Å². The van der Waals surface area contributed by atoms with E-state index < -0.39 is 0 Å². The SMILES string of the molecule is COC[C@@H](C)NC1CCN(C(C)=O)CC1. The molecule has 0 spiro atoms. The molecule has 0 aromatic rings. The molecule has 0 aromatic carbocycles. The molecule has 88 valence electrons. The molecule has 1 saturated heterocycles. The lowest BCUT2D eigenvalue weighted by Crippen LogP contribution is -2.47. The van der Waals surface area contributed by atoms with Gasteiger partial charge in [0.2, 0.25) is 5.91 Å². The molecule has 1 fully saturated rings. The molecule has 1 atom stereocenters. The van der Waals surface area contributed by atoms with Crippen LogP contribution < -0.4 is 5.32 Å². The second kappa shape index (κ2) is 6.08. The Bertz CT molecular complexity index is 201. The number of hydrogen-bond acceptors (Lipinski definition) is 3. The van der Waals surface area contributed by atoms with Gasteiger partial charge in [0.1, 0.15) is 0 Å². The Morgan fingerprint density at radius 3 is 2.60 bits per heavy atom. The zero-order valence-electron chi connectivity index (χ0n) is 9.95. The van der Waals surface area contributed by atoms with Gasteiger partial charge < -0.3 is 15.0 Å². The molecule has 0 aromatic heterocycles. The number of hydrogen-bond donors (Lipinski definition) is 1. The Balaban J connectivity index is 2.22. The summed E-state index contributed by atoms with van der Waals surface area (Å²) in [5.74, 6) is 0.193. The van der Waals surface area contributed by atoms with Crippen molar-refractivity contribution in [1.29, 1.82) is 0 Å². The molecule has 0 saturated carbocycles. The normalized spacial score (nSPS) is 20.3. The molecule has 0 unspecified atom stereocenters. The van der Waals surface area contributed by atoms with Gasteiger partial charge in [-0.2, -0.15) is 0 Å². The number of likely N-dealkylation sites (tertiary alicyclic amines) is 1. The lowest BCUT2D eigenvalue weighted by atomic mass is 10.0. The predicted octanol–water partition coefficient (Wildman–Crippen LogP) is 0.622. The highest BCUT2D eigenvalue weighted by atomic mass is 16.5. The molecule has 1 amide bonds. The minimum atomic E-state index is 0.193. The number of carbonyl (C=O) groups is 1. The monoisotopic (exact) mass is 214 g/mol. The number of amides is 1. The molecule has 1 aliphatic rings. The standard InChI is InChI=1S/C11H22N2O2/c1-9(8-15-3)12-11-4-6-13(7-5-11)10(2)14/h9,11-12H,4-8H2,1-3H3/t9-/m1/s1. The van der Waals surface area contributed by atoms with E-state index in [0.717, 1.165) is 32.5 Å². The summed E-state index contributed by atoms with van der Waals surface area (Å²) in [6, 6.07) is 0.926. The smallest absolute Gasteiger partial charge is 0.219 e. The molecule has 0 bridgehead atoms. The highest BCUT2D eigenvalue weighted by Gasteiger charge is 2.21. The average molecular weight is 214 g/mol. The summed E-state index contributed by atoms with van der Waals surface area (Å²) in [4.78, 5) is 13.0. The molecule has 15 heavy (non-hydrogen) atoms.